The van der Waals surface area contributed by atoms with E-state index in [-0.39, 0.29) is 103 Å². The fraction of sp³-hybridized carbons (Fsp3) is 0.415. The minimum atomic E-state index is -0.889. The van der Waals surface area contributed by atoms with Crippen LogP contribution in [0.3, 0.4) is 0 Å². The molecular weight excluding hydrogens is 1130 g/mol. The number of alkyl carbamates (subject to hydrolysis) is 1. The normalized spacial score (nSPS) is 9.88. The number of halogens is 3. The van der Waals surface area contributed by atoms with Crippen LogP contribution in [-0.4, -0.2) is 141 Å². The molecule has 3 aromatic rings. The molecule has 3 heterocycles. The molecular formula is C41H60Cl3N23O13. The first-order chi connectivity index (χ1) is 36.8. The Morgan fingerprint density at radius 3 is 1.25 bits per heavy atom. The zero-order chi connectivity index (χ0) is 62.9. The number of nitrogen functional groups attached to an aromatic ring is 3. The van der Waals surface area contributed by atoms with E-state index < -0.39 is 59.7 Å². The molecule has 438 valence electrons. The number of aliphatic imine (C=N–C) groups is 1. The van der Waals surface area contributed by atoms with Crippen LogP contribution < -0.4 is 76.9 Å². The molecule has 0 aliphatic carbocycles. The van der Waals surface area contributed by atoms with E-state index in [1.807, 2.05) is 46.9 Å². The van der Waals surface area contributed by atoms with E-state index in [0.29, 0.717) is 18.9 Å². The van der Waals surface area contributed by atoms with Crippen LogP contribution in [0.15, 0.2) is 4.99 Å². The monoisotopic (exact) mass is 1190 g/mol. The summed E-state index contributed by atoms with van der Waals surface area (Å²) in [6, 6.07) is 0. The van der Waals surface area contributed by atoms with Crippen LogP contribution in [0.2, 0.25) is 15.5 Å². The van der Waals surface area contributed by atoms with E-state index >= 15 is 0 Å². The highest BCUT2D eigenvalue weighted by Crippen LogP contribution is 2.25. The van der Waals surface area contributed by atoms with Crippen molar-refractivity contribution in [2.75, 3.05) is 66.4 Å². The number of carbonyl (C=O) groups excluding carboxylic acids is 12. The first kappa shape index (κ1) is 74.7. The third-order valence-electron chi connectivity index (χ3n) is 7.30. The zero-order valence-corrected chi connectivity index (χ0v) is 46.6. The summed E-state index contributed by atoms with van der Waals surface area (Å²) in [5.74, 6) is -5.21. The number of hydrogen-bond acceptors (Lipinski definition) is 28. The van der Waals surface area contributed by atoms with Gasteiger partial charge in [-0.1, -0.05) is 76.3 Å². The van der Waals surface area contributed by atoms with Gasteiger partial charge in [-0.25, -0.2) is 34.7 Å². The van der Waals surface area contributed by atoms with E-state index in [4.69, 9.17) is 114 Å². The van der Waals surface area contributed by atoms with E-state index in [0.717, 1.165) is 0 Å². The lowest BCUT2D eigenvalue weighted by molar-refractivity contribution is -0.193. The molecule has 0 saturated carbocycles. The molecule has 39 heteroatoms. The van der Waals surface area contributed by atoms with Gasteiger partial charge >= 0.3 is 30.5 Å². The van der Waals surface area contributed by atoms with Crippen molar-refractivity contribution >= 4 is 142 Å². The van der Waals surface area contributed by atoms with Gasteiger partial charge < -0.3 is 60.4 Å². The van der Waals surface area contributed by atoms with Gasteiger partial charge in [0.25, 0.3) is 11.8 Å². The van der Waals surface area contributed by atoms with Crippen molar-refractivity contribution in [2.24, 2.45) is 33.0 Å². The highest BCUT2D eigenvalue weighted by Gasteiger charge is 2.23. The first-order valence-corrected chi connectivity index (χ1v) is 22.8. The summed E-state index contributed by atoms with van der Waals surface area (Å²) in [6.45, 7) is 17.6. The van der Waals surface area contributed by atoms with Crippen molar-refractivity contribution in [1.29, 1.82) is 10.8 Å². The average Bonchev–Trinajstić information content (AvgIpc) is 3.31. The van der Waals surface area contributed by atoms with Gasteiger partial charge in [0.05, 0.1) is 6.54 Å². The Labute approximate surface area is 469 Å². The number of guanidine groups is 3. The molecule has 0 aliphatic rings. The van der Waals surface area contributed by atoms with E-state index in [1.165, 1.54) is 0 Å². The fourth-order valence-electron chi connectivity index (χ4n) is 4.28. The highest BCUT2D eigenvalue weighted by molar-refractivity contribution is 6.33. The van der Waals surface area contributed by atoms with Gasteiger partial charge in [-0.15, -0.1) is 0 Å². The van der Waals surface area contributed by atoms with Gasteiger partial charge in [0.15, 0.2) is 73.4 Å². The molecule has 0 saturated heterocycles. The molecule has 36 nitrogen and oxygen atoms in total. The molecule has 0 atom stereocenters. The molecule has 0 unspecified atom stereocenters. The Balaban J connectivity index is -0.00000106. The predicted octanol–water partition coefficient (Wildman–Crippen LogP) is -1.20. The van der Waals surface area contributed by atoms with Crippen LogP contribution in [0.5, 0.6) is 0 Å². The van der Waals surface area contributed by atoms with Gasteiger partial charge in [-0.3, -0.25) is 56.1 Å². The molecule has 3 rings (SSSR count). The first-order valence-electron chi connectivity index (χ1n) is 21.6. The highest BCUT2D eigenvalue weighted by atomic mass is 35.5. The quantitative estimate of drug-likeness (QED) is 0.0792. The standard InChI is InChI=1S/C18H29ClN8O4.C11H18ClN7O.C9H13ClN8O2.3CO2/c1-17(2,3)8-23-13-11(19)25-10(12(20)26-13)14(29)27-15(21)24-9(28)7-22-16(30)31-18(4,5)6;1-11(2,3)4-16-8-6(12)17-5(7(13)18-8)9(20)19-10(14)15;1-14-7-5(10)16-4(6(12)17-7)8(20)18-9(13)15-3(19)2-11;3*2-1-3/h7-8H2,1-6H3,(H,22,30)(H3,20,23,26)(H3,21,24,27,28,29);4H2,1-3H3,(H3,13,16,18)(H4,14,15,19,20);2,11H2,1H3,(H3,12,14,17)(H3,13,15,18,19,20);;;. The van der Waals surface area contributed by atoms with Crippen molar-refractivity contribution in [3.8, 4) is 0 Å². The number of ether oxygens (including phenoxy) is 1. The van der Waals surface area contributed by atoms with Gasteiger partial charge in [0.1, 0.15) is 12.1 Å². The van der Waals surface area contributed by atoms with Crippen molar-refractivity contribution < 1.29 is 62.3 Å². The molecule has 6 amide bonds. The topological polar surface area (TPSA) is 604 Å². The molecule has 0 aromatic carbocycles. The maximum absolute atomic E-state index is 12.3. The zero-order valence-electron chi connectivity index (χ0n) is 44.4. The number of nitrogens with two attached hydrogens (primary N) is 6. The summed E-state index contributed by atoms with van der Waals surface area (Å²) in [5.41, 5.74) is 30.8. The number of rotatable bonds is 11. The van der Waals surface area contributed by atoms with Crippen LogP contribution in [-0.2, 0) is 43.1 Å². The number of hydrogen-bond donors (Lipinski definition) is 16. The lowest BCUT2D eigenvalue weighted by Crippen LogP contribution is -2.47. The second-order valence-corrected chi connectivity index (χ2v) is 18.8. The Morgan fingerprint density at radius 1 is 0.575 bits per heavy atom. The number of carbonyl (C=O) groups is 6. The largest absolute Gasteiger partial charge is 0.444 e. The summed E-state index contributed by atoms with van der Waals surface area (Å²) >= 11 is 17.8. The summed E-state index contributed by atoms with van der Waals surface area (Å²) in [4.78, 5) is 146. The smallest absolute Gasteiger partial charge is 0.408 e. The van der Waals surface area contributed by atoms with E-state index in [1.54, 1.807) is 27.8 Å². The Bertz CT molecular complexity index is 2790. The van der Waals surface area contributed by atoms with Gasteiger partial charge in [-0.05, 0) is 31.6 Å². The second kappa shape index (κ2) is 36.5. The van der Waals surface area contributed by atoms with Crippen LogP contribution in [0.25, 0.3) is 0 Å². The Hall–Kier alpha value is -9.56. The number of nitrogens with zero attached hydrogens (tertiary/aromatic N) is 7. The van der Waals surface area contributed by atoms with Crippen LogP contribution in [0, 0.1) is 21.6 Å². The SMILES string of the molecule is CC(C)(C)CNc1nc(N)c(C(=O)N=C(N)N)nc1Cl.CC(C)(C)CNc1nc(N)c(C(=O)NC(=N)NC(=O)CNC(=O)OC(C)(C)C)nc1Cl.CNc1nc(N)c(C(=O)NC(=N)NC(=O)CN)nc1Cl.O=C=O.O=C=O.O=C=O. The molecule has 0 spiro atoms. The molecule has 22 N–H and O–H groups in total. The number of aromatic nitrogens is 6. The van der Waals surface area contributed by atoms with Crippen LogP contribution in [0.4, 0.5) is 39.7 Å². The third kappa shape index (κ3) is 33.5. The third-order valence-corrected chi connectivity index (χ3v) is 8.09. The fourth-order valence-corrected chi connectivity index (χ4v) is 4.88. The Morgan fingerprint density at radius 2 is 0.912 bits per heavy atom. The number of amides is 6. The van der Waals surface area contributed by atoms with Crippen LogP contribution >= 0.6 is 34.8 Å². The summed E-state index contributed by atoms with van der Waals surface area (Å²) in [7, 11) is 1.56. The summed E-state index contributed by atoms with van der Waals surface area (Å²) in [5, 5.41) is 34.1. The Kier molecular flexibility index (Phi) is 34.0. The van der Waals surface area contributed by atoms with Crippen molar-refractivity contribution in [2.45, 2.75) is 67.9 Å². The van der Waals surface area contributed by atoms with Crippen molar-refractivity contribution in [3.05, 3.63) is 32.5 Å². The predicted molar refractivity (Wildman–Crippen MR) is 285 cm³/mol. The van der Waals surface area contributed by atoms with Gasteiger partial charge in [-0.2, -0.15) is 33.8 Å². The second-order valence-electron chi connectivity index (χ2n) is 17.8. The molecule has 0 bridgehead atoms. The van der Waals surface area contributed by atoms with Crippen molar-refractivity contribution in [1.82, 2.24) is 56.5 Å². The lowest BCUT2D eigenvalue weighted by atomic mass is 9.97. The molecule has 3 aromatic heterocycles. The maximum Gasteiger partial charge on any atom is 0.408 e. The molecule has 0 aliphatic heterocycles. The van der Waals surface area contributed by atoms with Gasteiger partial charge in [0, 0.05) is 20.1 Å². The maximum atomic E-state index is 12.3. The van der Waals surface area contributed by atoms with Crippen LogP contribution in [0.1, 0.15) is 93.8 Å². The molecule has 0 radical (unpaired) electrons. The molecule has 80 heavy (non-hydrogen) atoms. The van der Waals surface area contributed by atoms with E-state index in [9.17, 15) is 28.8 Å². The minimum absolute atomic E-state index is 0.0204. The van der Waals surface area contributed by atoms with E-state index in [2.05, 4.69) is 72.1 Å². The van der Waals surface area contributed by atoms with Gasteiger partial charge in [0.2, 0.25) is 23.7 Å². The number of anilines is 6. The minimum Gasteiger partial charge on any atom is -0.444 e. The average molecular weight is 1190 g/mol. The lowest BCUT2D eigenvalue weighted by Gasteiger charge is -2.20. The number of nitrogens with one attached hydrogen (secondary N) is 10. The molecule has 0 fully saturated rings. The summed E-state index contributed by atoms with van der Waals surface area (Å²) in [6.07, 6.45) is -0.0453. The van der Waals surface area contributed by atoms with Crippen molar-refractivity contribution in [3.63, 3.8) is 0 Å². The summed E-state index contributed by atoms with van der Waals surface area (Å²) < 4.78 is 4.99.